The van der Waals surface area contributed by atoms with Crippen molar-refractivity contribution in [3.8, 4) is 0 Å². The van der Waals surface area contributed by atoms with Gasteiger partial charge < -0.3 is 20.7 Å². The third-order valence-corrected chi connectivity index (χ3v) is 3.52. The average molecular weight is 359 g/mol. The van der Waals surface area contributed by atoms with Crippen LogP contribution < -0.4 is 16.0 Å². The second-order valence-electron chi connectivity index (χ2n) is 5.64. The Morgan fingerprint density at radius 1 is 1.04 bits per heavy atom. The summed E-state index contributed by atoms with van der Waals surface area (Å²) in [6.45, 7) is 0.562. The molecule has 0 fully saturated rings. The lowest BCUT2D eigenvalue weighted by molar-refractivity contribution is -0.120. The minimum absolute atomic E-state index is 0.0197. The molecule has 2 aromatic carbocycles. The van der Waals surface area contributed by atoms with E-state index in [0.717, 1.165) is 5.56 Å². The molecule has 2 amide bonds. The average Bonchev–Trinajstić information content (AvgIpc) is 2.62. The number of methoxy groups -OCH3 is 1. The number of carbonyl (C=O) groups excluding carboxylic acids is 2. The summed E-state index contributed by atoms with van der Waals surface area (Å²) >= 11 is 0. The molecule has 0 radical (unpaired) electrons. The van der Waals surface area contributed by atoms with Crippen molar-refractivity contribution in [3.63, 3.8) is 0 Å². The monoisotopic (exact) mass is 359 g/mol. The lowest BCUT2D eigenvalue weighted by atomic mass is 10.1. The van der Waals surface area contributed by atoms with Crippen molar-refractivity contribution >= 4 is 23.2 Å². The van der Waals surface area contributed by atoms with E-state index in [9.17, 15) is 14.0 Å². The Balaban J connectivity index is 1.73. The van der Waals surface area contributed by atoms with Crippen LogP contribution in [0.15, 0.2) is 48.5 Å². The molecule has 6 nitrogen and oxygen atoms in total. The highest BCUT2D eigenvalue weighted by atomic mass is 19.1. The molecule has 0 saturated carbocycles. The maximum Gasteiger partial charge on any atom is 0.250 e. The second-order valence-corrected chi connectivity index (χ2v) is 5.64. The van der Waals surface area contributed by atoms with E-state index in [-0.39, 0.29) is 30.8 Å². The van der Waals surface area contributed by atoms with E-state index in [2.05, 4.69) is 16.0 Å². The smallest absolute Gasteiger partial charge is 0.250 e. The topological polar surface area (TPSA) is 79.5 Å². The first-order chi connectivity index (χ1) is 12.6. The van der Waals surface area contributed by atoms with Crippen molar-refractivity contribution in [2.75, 3.05) is 37.4 Å². The normalized spacial score (nSPS) is 10.2. The third-order valence-electron chi connectivity index (χ3n) is 3.52. The molecule has 0 heterocycles. The molecule has 0 aliphatic carbocycles. The Morgan fingerprint density at radius 3 is 2.50 bits per heavy atom. The van der Waals surface area contributed by atoms with Crippen LogP contribution in [-0.2, 0) is 20.7 Å². The van der Waals surface area contributed by atoms with Gasteiger partial charge in [0.1, 0.15) is 12.4 Å². The van der Waals surface area contributed by atoms with Gasteiger partial charge in [-0.1, -0.05) is 18.2 Å². The zero-order chi connectivity index (χ0) is 18.8. The number of amides is 2. The summed E-state index contributed by atoms with van der Waals surface area (Å²) in [6.07, 6.45) is 0.632. The molecule has 138 valence electrons. The molecule has 2 aromatic rings. The number of carbonyl (C=O) groups is 2. The minimum Gasteiger partial charge on any atom is -0.376 e. The van der Waals surface area contributed by atoms with Crippen molar-refractivity contribution in [2.45, 2.75) is 6.42 Å². The molecule has 0 atom stereocenters. The highest BCUT2D eigenvalue weighted by molar-refractivity contribution is 5.92. The predicted octanol–water partition coefficient (Wildman–Crippen LogP) is 2.18. The van der Waals surface area contributed by atoms with Crippen LogP contribution in [0.5, 0.6) is 0 Å². The van der Waals surface area contributed by atoms with Crippen LogP contribution in [0.4, 0.5) is 15.8 Å². The Hall–Kier alpha value is -2.93. The van der Waals surface area contributed by atoms with Gasteiger partial charge in [-0.15, -0.1) is 0 Å². The van der Waals surface area contributed by atoms with Crippen molar-refractivity contribution < 1.29 is 18.7 Å². The van der Waals surface area contributed by atoms with Crippen LogP contribution >= 0.6 is 0 Å². The molecular formula is C19H22FN3O3. The molecule has 0 unspecified atom stereocenters. The summed E-state index contributed by atoms with van der Waals surface area (Å²) in [4.78, 5) is 23.4. The predicted molar refractivity (Wildman–Crippen MR) is 98.6 cm³/mol. The van der Waals surface area contributed by atoms with E-state index >= 15 is 0 Å². The highest BCUT2D eigenvalue weighted by Gasteiger charge is 2.04. The number of hydrogen-bond acceptors (Lipinski definition) is 4. The molecule has 0 aromatic heterocycles. The molecule has 0 bridgehead atoms. The zero-order valence-corrected chi connectivity index (χ0v) is 14.5. The van der Waals surface area contributed by atoms with Crippen LogP contribution in [0.3, 0.4) is 0 Å². The third kappa shape index (κ3) is 6.90. The maximum absolute atomic E-state index is 12.8. The molecular weight excluding hydrogens is 337 g/mol. The number of halogens is 1. The lowest BCUT2D eigenvalue weighted by Gasteiger charge is -2.10. The summed E-state index contributed by atoms with van der Waals surface area (Å²) in [6, 6.07) is 13.3. The minimum atomic E-state index is -0.275. The molecule has 7 heteroatoms. The second kappa shape index (κ2) is 10.1. The van der Waals surface area contributed by atoms with Gasteiger partial charge in [0.2, 0.25) is 11.8 Å². The first kappa shape index (κ1) is 19.4. The lowest BCUT2D eigenvalue weighted by Crippen LogP contribution is -2.31. The fraction of sp³-hybridized carbons (Fsp3) is 0.263. The summed E-state index contributed by atoms with van der Waals surface area (Å²) in [5, 5.41) is 8.50. The summed E-state index contributed by atoms with van der Waals surface area (Å²) in [5.41, 5.74) is 2.29. The fourth-order valence-corrected chi connectivity index (χ4v) is 2.28. The Labute approximate surface area is 151 Å². The van der Waals surface area contributed by atoms with E-state index in [1.165, 1.54) is 19.2 Å². The molecule has 3 N–H and O–H groups in total. The molecule has 0 aliphatic rings. The standard InChI is InChI=1S/C19H22FN3O3/c1-26-13-19(25)23-17-4-2-3-16(11-17)22-12-18(24)21-10-9-14-5-7-15(20)8-6-14/h2-8,11,22H,9-10,12-13H2,1H3,(H,21,24)(H,23,25). The Bertz CT molecular complexity index is 735. The molecule has 26 heavy (non-hydrogen) atoms. The van der Waals surface area contributed by atoms with Crippen LogP contribution in [-0.4, -0.2) is 38.6 Å². The SMILES string of the molecule is COCC(=O)Nc1cccc(NCC(=O)NCCc2ccc(F)cc2)c1. The first-order valence-electron chi connectivity index (χ1n) is 8.20. The van der Waals surface area contributed by atoms with Gasteiger partial charge >= 0.3 is 0 Å². The quantitative estimate of drug-likeness (QED) is 0.641. The Kier molecular flexibility index (Phi) is 7.57. The Morgan fingerprint density at radius 2 is 1.77 bits per heavy atom. The van der Waals surface area contributed by atoms with E-state index < -0.39 is 0 Å². The largest absolute Gasteiger partial charge is 0.376 e. The van der Waals surface area contributed by atoms with Crippen molar-refractivity contribution in [2.24, 2.45) is 0 Å². The van der Waals surface area contributed by atoms with Gasteiger partial charge in [0, 0.05) is 25.0 Å². The number of anilines is 2. The van der Waals surface area contributed by atoms with Gasteiger partial charge in [0.05, 0.1) is 6.54 Å². The van der Waals surface area contributed by atoms with E-state index in [1.54, 1.807) is 36.4 Å². The molecule has 2 rings (SSSR count). The van der Waals surface area contributed by atoms with Gasteiger partial charge in [-0.25, -0.2) is 4.39 Å². The van der Waals surface area contributed by atoms with Gasteiger partial charge in [-0.05, 0) is 42.3 Å². The van der Waals surface area contributed by atoms with Crippen LogP contribution in [0.2, 0.25) is 0 Å². The van der Waals surface area contributed by atoms with Crippen molar-refractivity contribution in [3.05, 3.63) is 59.9 Å². The van der Waals surface area contributed by atoms with Gasteiger partial charge in [-0.3, -0.25) is 9.59 Å². The van der Waals surface area contributed by atoms with E-state index in [4.69, 9.17) is 4.74 Å². The van der Waals surface area contributed by atoms with Crippen molar-refractivity contribution in [1.82, 2.24) is 5.32 Å². The number of nitrogens with one attached hydrogen (secondary N) is 3. The van der Waals surface area contributed by atoms with Crippen LogP contribution in [0.25, 0.3) is 0 Å². The fourth-order valence-electron chi connectivity index (χ4n) is 2.28. The van der Waals surface area contributed by atoms with Gasteiger partial charge in [0.25, 0.3) is 0 Å². The van der Waals surface area contributed by atoms with Crippen LogP contribution in [0.1, 0.15) is 5.56 Å². The van der Waals surface area contributed by atoms with Gasteiger partial charge in [0.15, 0.2) is 0 Å². The zero-order valence-electron chi connectivity index (χ0n) is 14.5. The first-order valence-corrected chi connectivity index (χ1v) is 8.20. The maximum atomic E-state index is 12.8. The number of rotatable bonds is 9. The number of benzene rings is 2. The van der Waals surface area contributed by atoms with Crippen molar-refractivity contribution in [1.29, 1.82) is 0 Å². The summed E-state index contributed by atoms with van der Waals surface area (Å²) in [7, 11) is 1.45. The van der Waals surface area contributed by atoms with Crippen LogP contribution in [0, 0.1) is 5.82 Å². The van der Waals surface area contributed by atoms with Gasteiger partial charge in [-0.2, -0.15) is 0 Å². The number of hydrogen-bond donors (Lipinski definition) is 3. The molecule has 0 aliphatic heterocycles. The van der Waals surface area contributed by atoms with E-state index in [1.807, 2.05) is 0 Å². The summed E-state index contributed by atoms with van der Waals surface area (Å²) < 4.78 is 17.6. The number of ether oxygens (including phenoxy) is 1. The highest BCUT2D eigenvalue weighted by Crippen LogP contribution is 2.14. The molecule has 0 spiro atoms. The summed E-state index contributed by atoms with van der Waals surface area (Å²) in [5.74, 6) is -0.674. The van der Waals surface area contributed by atoms with E-state index in [0.29, 0.717) is 24.3 Å². The molecule has 0 saturated heterocycles.